The van der Waals surface area contributed by atoms with Gasteiger partial charge in [0.15, 0.2) is 23.9 Å². The molecule has 50 heavy (non-hydrogen) atoms. The lowest BCUT2D eigenvalue weighted by Gasteiger charge is -2.32. The molecule has 2 aromatic heterocycles. The van der Waals surface area contributed by atoms with Gasteiger partial charge < -0.3 is 29.3 Å². The van der Waals surface area contributed by atoms with Gasteiger partial charge in [-0.1, -0.05) is 59.6 Å². The van der Waals surface area contributed by atoms with E-state index in [-0.39, 0.29) is 17.9 Å². The number of carbonyl (C=O) groups excluding carboxylic acids is 2. The molecular weight excluding hydrogens is 701 g/mol. The van der Waals surface area contributed by atoms with Crippen molar-refractivity contribution in [3.63, 3.8) is 0 Å². The Bertz CT molecular complexity index is 1710. The van der Waals surface area contributed by atoms with Crippen molar-refractivity contribution in [3.05, 3.63) is 110 Å². The number of aromatic amines is 1. The van der Waals surface area contributed by atoms with Crippen LogP contribution in [0.15, 0.2) is 73.1 Å². The summed E-state index contributed by atoms with van der Waals surface area (Å²) in [6, 6.07) is 18.5. The number of nitrogens with zero attached hydrogens (tertiary/aromatic N) is 1. The van der Waals surface area contributed by atoms with Crippen molar-refractivity contribution in [1.82, 2.24) is 10.2 Å². The number of pyridine rings is 1. The fraction of sp³-hybridized carbons (Fsp3) is 0.378. The molecule has 0 spiro atoms. The maximum atomic E-state index is 13.6. The van der Waals surface area contributed by atoms with Gasteiger partial charge in [-0.3, -0.25) is 5.32 Å². The van der Waals surface area contributed by atoms with Crippen LogP contribution in [0.3, 0.4) is 0 Å². The van der Waals surface area contributed by atoms with Gasteiger partial charge in [0.05, 0.1) is 20.8 Å². The van der Waals surface area contributed by atoms with Crippen LogP contribution in [0, 0.1) is 5.92 Å². The van der Waals surface area contributed by atoms with Gasteiger partial charge in [0.25, 0.3) is 0 Å². The molecule has 1 saturated heterocycles. The molecule has 0 radical (unpaired) electrons. The van der Waals surface area contributed by atoms with Crippen molar-refractivity contribution >= 4 is 46.5 Å². The minimum atomic E-state index is -1.10. The van der Waals surface area contributed by atoms with Gasteiger partial charge in [0.1, 0.15) is 26.6 Å². The molecule has 10 nitrogen and oxygen atoms in total. The molecule has 4 aromatic rings. The number of esters is 2. The van der Waals surface area contributed by atoms with E-state index in [2.05, 4.69) is 22.2 Å². The van der Waals surface area contributed by atoms with Crippen molar-refractivity contribution < 1.29 is 39.0 Å². The lowest BCUT2D eigenvalue weighted by molar-refractivity contribution is -0.377. The number of rotatable bonds is 14. The molecule has 2 aromatic carbocycles. The molecule has 3 N–H and O–H groups in total. The number of aromatic nitrogens is 1. The standard InChI is InChI=1S/C37H41Cl2N3O6S.H2O/c1-37(26-8-6-5-7-9-26,36(44)47-23-24-14-16-42(2)17-15-24)41-20-27-11-13-34(49-27)35(43)48-32(19-28-29(38)21-40-22-30(28)39)25-10-12-31(45-3)33(18-25)46-4;/h5-13,18,21-22,24,32,41H,14-17,19-20,23H2,1-4H3;1H2/t32-,37?;/m0./s1. The molecule has 1 fully saturated rings. The fourth-order valence-corrected chi connectivity index (χ4v) is 7.16. The Balaban J connectivity index is 0.00000562. The molecule has 1 aliphatic rings. The van der Waals surface area contributed by atoms with E-state index in [1.165, 1.54) is 11.3 Å². The van der Waals surface area contributed by atoms with E-state index in [4.69, 9.17) is 42.1 Å². The summed E-state index contributed by atoms with van der Waals surface area (Å²) in [5.74, 6) is 0.554. The van der Waals surface area contributed by atoms with Crippen LogP contribution < -0.4 is 19.8 Å². The van der Waals surface area contributed by atoms with Crippen molar-refractivity contribution in [1.29, 1.82) is 0 Å². The highest BCUT2D eigenvalue weighted by Crippen LogP contribution is 2.36. The first-order chi connectivity index (χ1) is 23.6. The second-order valence-corrected chi connectivity index (χ2v) is 14.3. The van der Waals surface area contributed by atoms with Crippen molar-refractivity contribution in [2.45, 2.75) is 44.4 Å². The second-order valence-electron chi connectivity index (χ2n) is 12.3. The van der Waals surface area contributed by atoms with Gasteiger partial charge in [-0.05, 0) is 81.2 Å². The van der Waals surface area contributed by atoms with Crippen molar-refractivity contribution in [2.24, 2.45) is 5.92 Å². The Hall–Kier alpha value is -3.71. The van der Waals surface area contributed by atoms with Crippen molar-refractivity contribution in [3.8, 4) is 11.5 Å². The van der Waals surface area contributed by atoms with Gasteiger partial charge >= 0.3 is 11.9 Å². The third-order valence-electron chi connectivity index (χ3n) is 8.94. The van der Waals surface area contributed by atoms with E-state index in [0.717, 1.165) is 36.4 Å². The summed E-state index contributed by atoms with van der Waals surface area (Å²) < 4.78 is 23.0. The number of ether oxygens (including phenoxy) is 4. The second kappa shape index (κ2) is 18.0. The van der Waals surface area contributed by atoms with E-state index in [0.29, 0.717) is 56.6 Å². The van der Waals surface area contributed by atoms with Crippen LogP contribution in [0.4, 0.5) is 0 Å². The molecule has 1 aliphatic heterocycles. The molecule has 3 heterocycles. The lowest BCUT2D eigenvalue weighted by atomic mass is 9.91. The maximum Gasteiger partial charge on any atom is 0.348 e. The maximum absolute atomic E-state index is 13.6. The number of methoxy groups -OCH3 is 2. The van der Waals surface area contributed by atoms with E-state index < -0.39 is 17.6 Å². The third-order valence-corrected chi connectivity index (χ3v) is 10.7. The molecule has 268 valence electrons. The minimum Gasteiger partial charge on any atom is -0.870 e. The van der Waals surface area contributed by atoms with Crippen molar-refractivity contribution in [2.75, 3.05) is 41.0 Å². The van der Waals surface area contributed by atoms with Crippen LogP contribution in [0.1, 0.15) is 57.1 Å². The van der Waals surface area contributed by atoms with Gasteiger partial charge in [-0.15, -0.1) is 11.3 Å². The number of likely N-dealkylation sites (tertiary alicyclic amines) is 1. The smallest absolute Gasteiger partial charge is 0.348 e. The molecule has 5 rings (SSSR count). The van der Waals surface area contributed by atoms with Gasteiger partial charge in [0.2, 0.25) is 0 Å². The number of halogens is 2. The molecule has 0 amide bonds. The highest BCUT2D eigenvalue weighted by atomic mass is 35.5. The Kier molecular flexibility index (Phi) is 14.1. The number of carbonyl (C=O) groups is 2. The Morgan fingerprint density at radius 3 is 2.34 bits per heavy atom. The fourth-order valence-electron chi connectivity index (χ4n) is 5.80. The van der Waals surface area contributed by atoms with Gasteiger partial charge in [0, 0.05) is 23.4 Å². The average molecular weight is 745 g/mol. The quantitative estimate of drug-likeness (QED) is 0.140. The number of thiophene rings is 1. The number of benzene rings is 2. The number of piperidine rings is 1. The first-order valence-corrected chi connectivity index (χ1v) is 17.7. The van der Waals surface area contributed by atoms with Crippen LogP contribution in [0.25, 0.3) is 0 Å². The molecule has 1 unspecified atom stereocenters. The van der Waals surface area contributed by atoms with Gasteiger partial charge in [-0.25, -0.2) is 14.6 Å². The zero-order valence-electron chi connectivity index (χ0n) is 28.5. The Morgan fingerprint density at radius 2 is 1.68 bits per heavy atom. The summed E-state index contributed by atoms with van der Waals surface area (Å²) in [4.78, 5) is 33.7. The number of H-pyrrole nitrogens is 1. The summed E-state index contributed by atoms with van der Waals surface area (Å²) in [5.41, 5.74) is 1.02. The molecule has 2 atom stereocenters. The molecule has 13 heteroatoms. The summed E-state index contributed by atoms with van der Waals surface area (Å²) in [6.07, 6.45) is 4.75. The Morgan fingerprint density at radius 1 is 1.00 bits per heavy atom. The summed E-state index contributed by atoms with van der Waals surface area (Å²) in [7, 11) is 5.21. The van der Waals surface area contributed by atoms with Crippen LogP contribution in [-0.4, -0.2) is 63.3 Å². The van der Waals surface area contributed by atoms with Crippen LogP contribution in [-0.2, 0) is 32.8 Å². The van der Waals surface area contributed by atoms with Gasteiger partial charge in [-0.2, -0.15) is 0 Å². The third kappa shape index (κ3) is 9.54. The Labute approximate surface area is 306 Å². The summed E-state index contributed by atoms with van der Waals surface area (Å²) in [6.45, 7) is 4.57. The van der Waals surface area contributed by atoms with Crippen LogP contribution >= 0.6 is 34.5 Å². The highest BCUT2D eigenvalue weighted by molar-refractivity contribution is 7.13. The zero-order chi connectivity index (χ0) is 35.0. The number of hydrogen-bond acceptors (Lipinski definition) is 10. The largest absolute Gasteiger partial charge is 0.870 e. The topological polar surface area (TPSA) is 130 Å². The molecular formula is C37H43Cl2N3O7S. The van der Waals surface area contributed by atoms with E-state index in [1.807, 2.05) is 49.4 Å². The summed E-state index contributed by atoms with van der Waals surface area (Å²) in [5, 5.41) is 4.27. The number of hydrogen-bond donors (Lipinski definition) is 1. The molecule has 0 bridgehead atoms. The minimum absolute atomic E-state index is 0. The zero-order valence-corrected chi connectivity index (χ0v) is 30.9. The molecule has 0 saturated carbocycles. The predicted octanol–water partition coefficient (Wildman–Crippen LogP) is 6.74. The first-order valence-electron chi connectivity index (χ1n) is 16.1. The number of nitrogens with one attached hydrogen (secondary N) is 2. The normalized spacial score (nSPS) is 15.3. The van der Waals surface area contributed by atoms with E-state index in [1.54, 1.807) is 44.8 Å². The molecule has 0 aliphatic carbocycles. The van der Waals surface area contributed by atoms with Crippen LogP contribution in [0.2, 0.25) is 10.0 Å². The summed E-state index contributed by atoms with van der Waals surface area (Å²) >= 11 is 14.3. The average Bonchev–Trinajstić information content (AvgIpc) is 3.61. The monoisotopic (exact) mass is 743 g/mol. The lowest BCUT2D eigenvalue weighted by Crippen LogP contribution is -2.47. The van der Waals surface area contributed by atoms with E-state index >= 15 is 0 Å². The SMILES string of the molecule is COc1ccc([C@H](Cc2c(Cl)c[nH+]cc2Cl)OC(=O)c2ccc(CNC(C)(C(=O)OCC3CCN(C)CC3)c3ccccc3)s2)cc1OC.[OH-]. The highest BCUT2D eigenvalue weighted by Gasteiger charge is 2.37. The van der Waals surface area contributed by atoms with Crippen LogP contribution in [0.5, 0.6) is 11.5 Å². The predicted molar refractivity (Wildman–Crippen MR) is 192 cm³/mol. The van der Waals surface area contributed by atoms with E-state index in [9.17, 15) is 9.59 Å². The first kappa shape index (κ1) is 39.1.